The van der Waals surface area contributed by atoms with E-state index in [1.807, 2.05) is 24.3 Å². The van der Waals surface area contributed by atoms with Gasteiger partial charge in [0.25, 0.3) is 0 Å². The normalized spacial score (nSPS) is 23.4. The third-order valence-corrected chi connectivity index (χ3v) is 3.50. The van der Waals surface area contributed by atoms with Crippen LogP contribution in [-0.2, 0) is 4.74 Å². The summed E-state index contributed by atoms with van der Waals surface area (Å²) in [4.78, 5) is 4.42. The molecule has 1 saturated heterocycles. The molecule has 1 aliphatic rings. The molecule has 1 aliphatic heterocycles. The highest BCUT2D eigenvalue weighted by Crippen LogP contribution is 2.25. The summed E-state index contributed by atoms with van der Waals surface area (Å²) < 4.78 is 6.19. The Balaban J connectivity index is 1.96. The summed E-state index contributed by atoms with van der Waals surface area (Å²) in [6.07, 6.45) is 1.31. The van der Waals surface area contributed by atoms with Crippen LogP contribution in [0.3, 0.4) is 0 Å². The molecule has 1 aromatic heterocycles. The number of pyridine rings is 1. The number of fused-ring (bicyclic) bond motifs is 1. The first-order chi connectivity index (χ1) is 8.74. The molecular weight excluding hydrogens is 296 g/mol. The van der Waals surface area contributed by atoms with Crippen molar-refractivity contribution in [3.8, 4) is 0 Å². The number of aromatic nitrogens is 1. The van der Waals surface area contributed by atoms with Crippen molar-refractivity contribution < 1.29 is 9.84 Å². The number of aliphatic hydroxyl groups excluding tert-OH is 1. The number of nitrogens with one attached hydrogen (secondary N) is 1. The average molecular weight is 309 g/mol. The van der Waals surface area contributed by atoms with Crippen LogP contribution in [0.1, 0.15) is 0 Å². The number of benzene rings is 1. The highest BCUT2D eigenvalue weighted by Gasteiger charge is 2.26. The smallest absolute Gasteiger partial charge is 0.0996 e. The van der Waals surface area contributed by atoms with Gasteiger partial charge in [-0.2, -0.15) is 0 Å². The Hall–Kier alpha value is -1.17. The van der Waals surface area contributed by atoms with Crippen molar-refractivity contribution in [1.82, 2.24) is 4.98 Å². The Bertz CT molecular complexity index is 576. The van der Waals surface area contributed by atoms with E-state index in [4.69, 9.17) is 4.74 Å². The third kappa shape index (κ3) is 2.21. The zero-order chi connectivity index (χ0) is 12.5. The van der Waals surface area contributed by atoms with Crippen LogP contribution in [0, 0.1) is 0 Å². The van der Waals surface area contributed by atoms with Crippen LogP contribution in [0.5, 0.6) is 0 Å². The number of hydrogen-bond acceptors (Lipinski definition) is 4. The Kier molecular flexibility index (Phi) is 3.20. The van der Waals surface area contributed by atoms with Gasteiger partial charge in [-0.25, -0.2) is 0 Å². The van der Waals surface area contributed by atoms with E-state index in [9.17, 15) is 5.11 Å². The van der Waals surface area contributed by atoms with E-state index in [0.29, 0.717) is 13.2 Å². The Morgan fingerprint density at radius 2 is 2.28 bits per heavy atom. The molecule has 0 amide bonds. The molecule has 0 aliphatic carbocycles. The molecule has 2 atom stereocenters. The number of nitrogens with zero attached hydrogens (tertiary/aromatic N) is 1. The lowest BCUT2D eigenvalue weighted by atomic mass is 10.1. The van der Waals surface area contributed by atoms with E-state index in [0.717, 1.165) is 21.1 Å². The van der Waals surface area contributed by atoms with E-state index in [1.54, 1.807) is 6.20 Å². The largest absolute Gasteiger partial charge is 0.388 e. The first-order valence-electron chi connectivity index (χ1n) is 5.80. The summed E-state index contributed by atoms with van der Waals surface area (Å²) in [6.45, 7) is 0.912. The highest BCUT2D eigenvalue weighted by molar-refractivity contribution is 9.10. The molecule has 1 aromatic carbocycles. The van der Waals surface area contributed by atoms with E-state index in [2.05, 4.69) is 26.2 Å². The number of hydrogen-bond donors (Lipinski definition) is 2. The Morgan fingerprint density at radius 1 is 1.39 bits per heavy atom. The van der Waals surface area contributed by atoms with Gasteiger partial charge in [0.05, 0.1) is 36.6 Å². The van der Waals surface area contributed by atoms with Gasteiger partial charge in [0.2, 0.25) is 0 Å². The molecule has 5 heteroatoms. The minimum Gasteiger partial charge on any atom is -0.388 e. The van der Waals surface area contributed by atoms with E-state index >= 15 is 0 Å². The molecule has 18 heavy (non-hydrogen) atoms. The predicted molar refractivity (Wildman–Crippen MR) is 73.7 cm³/mol. The van der Waals surface area contributed by atoms with Crippen molar-refractivity contribution in [2.24, 2.45) is 0 Å². The average Bonchev–Trinajstić information content (AvgIpc) is 2.75. The summed E-state index contributed by atoms with van der Waals surface area (Å²) >= 11 is 3.41. The molecule has 1 fully saturated rings. The van der Waals surface area contributed by atoms with Crippen molar-refractivity contribution in [2.75, 3.05) is 18.5 Å². The number of para-hydroxylation sites is 1. The van der Waals surface area contributed by atoms with Crippen molar-refractivity contribution in [3.63, 3.8) is 0 Å². The number of rotatable bonds is 2. The van der Waals surface area contributed by atoms with Crippen LogP contribution < -0.4 is 5.32 Å². The molecule has 4 nitrogen and oxygen atoms in total. The highest BCUT2D eigenvalue weighted by atomic mass is 79.9. The monoisotopic (exact) mass is 308 g/mol. The zero-order valence-corrected chi connectivity index (χ0v) is 11.2. The van der Waals surface area contributed by atoms with E-state index < -0.39 is 6.10 Å². The van der Waals surface area contributed by atoms with Gasteiger partial charge in [-0.3, -0.25) is 4.98 Å². The molecule has 0 spiro atoms. The van der Waals surface area contributed by atoms with Gasteiger partial charge in [-0.15, -0.1) is 0 Å². The Labute approximate surface area is 113 Å². The minimum absolute atomic E-state index is 0.0685. The SMILES string of the molecule is OC1COCC1Nc1cccc2cc(Br)cnc12. The fourth-order valence-electron chi connectivity index (χ4n) is 2.13. The van der Waals surface area contributed by atoms with Gasteiger partial charge in [0, 0.05) is 16.1 Å². The van der Waals surface area contributed by atoms with Crippen molar-refractivity contribution in [2.45, 2.75) is 12.1 Å². The lowest BCUT2D eigenvalue weighted by Crippen LogP contribution is -2.31. The van der Waals surface area contributed by atoms with Gasteiger partial charge in [-0.05, 0) is 28.1 Å². The molecule has 0 bridgehead atoms. The maximum absolute atomic E-state index is 9.75. The van der Waals surface area contributed by atoms with Crippen molar-refractivity contribution >= 4 is 32.5 Å². The fourth-order valence-corrected chi connectivity index (χ4v) is 2.48. The molecule has 0 radical (unpaired) electrons. The summed E-state index contributed by atoms with van der Waals surface area (Å²) in [5, 5.41) is 14.1. The van der Waals surface area contributed by atoms with Crippen LogP contribution in [0.25, 0.3) is 10.9 Å². The van der Waals surface area contributed by atoms with E-state index in [1.165, 1.54) is 0 Å². The topological polar surface area (TPSA) is 54.4 Å². The lowest BCUT2D eigenvalue weighted by Gasteiger charge is -2.17. The third-order valence-electron chi connectivity index (χ3n) is 3.07. The quantitative estimate of drug-likeness (QED) is 0.893. The van der Waals surface area contributed by atoms with Crippen molar-refractivity contribution in [3.05, 3.63) is 34.9 Å². The maximum Gasteiger partial charge on any atom is 0.0996 e. The standard InChI is InChI=1S/C13H13BrN2O2/c14-9-4-8-2-1-3-10(13(8)15-5-9)16-11-6-18-7-12(11)17/h1-5,11-12,16-17H,6-7H2. The number of aliphatic hydroxyl groups is 1. The summed E-state index contributed by atoms with van der Waals surface area (Å²) in [5.41, 5.74) is 1.83. The Morgan fingerprint density at radius 3 is 3.06 bits per heavy atom. The summed E-state index contributed by atoms with van der Waals surface area (Å²) in [6, 6.07) is 7.91. The molecule has 2 aromatic rings. The minimum atomic E-state index is -0.462. The second kappa shape index (κ2) is 4.84. The molecule has 3 rings (SSSR count). The van der Waals surface area contributed by atoms with Gasteiger partial charge in [0.1, 0.15) is 0 Å². The molecule has 0 saturated carbocycles. The van der Waals surface area contributed by atoms with Crippen LogP contribution in [0.4, 0.5) is 5.69 Å². The number of ether oxygens (including phenoxy) is 1. The van der Waals surface area contributed by atoms with Crippen LogP contribution >= 0.6 is 15.9 Å². The van der Waals surface area contributed by atoms with Gasteiger partial charge in [-0.1, -0.05) is 12.1 Å². The second-order valence-electron chi connectivity index (χ2n) is 4.39. The first-order valence-corrected chi connectivity index (χ1v) is 6.60. The van der Waals surface area contributed by atoms with Crippen LogP contribution in [0.15, 0.2) is 34.9 Å². The second-order valence-corrected chi connectivity index (χ2v) is 5.30. The first kappa shape index (κ1) is 11.9. The summed E-state index contributed by atoms with van der Waals surface area (Å²) in [7, 11) is 0. The summed E-state index contributed by atoms with van der Waals surface area (Å²) in [5.74, 6) is 0. The fraction of sp³-hybridized carbons (Fsp3) is 0.308. The molecule has 94 valence electrons. The molecule has 2 unspecified atom stereocenters. The van der Waals surface area contributed by atoms with Gasteiger partial charge >= 0.3 is 0 Å². The maximum atomic E-state index is 9.75. The van der Waals surface area contributed by atoms with Crippen LogP contribution in [-0.4, -0.2) is 35.5 Å². The zero-order valence-electron chi connectivity index (χ0n) is 9.64. The van der Waals surface area contributed by atoms with E-state index in [-0.39, 0.29) is 6.04 Å². The molecular formula is C13H13BrN2O2. The molecule has 2 heterocycles. The number of anilines is 1. The number of halogens is 1. The van der Waals surface area contributed by atoms with Crippen molar-refractivity contribution in [1.29, 1.82) is 0 Å². The van der Waals surface area contributed by atoms with Gasteiger partial charge in [0.15, 0.2) is 0 Å². The lowest BCUT2D eigenvalue weighted by molar-refractivity contribution is 0.125. The van der Waals surface area contributed by atoms with Gasteiger partial charge < -0.3 is 15.2 Å². The predicted octanol–water partition coefficient (Wildman–Crippen LogP) is 2.17. The van der Waals surface area contributed by atoms with Crippen LogP contribution in [0.2, 0.25) is 0 Å². The molecule has 2 N–H and O–H groups in total.